The first kappa shape index (κ1) is 25.7. The van der Waals surface area contributed by atoms with Crippen LogP contribution in [0.1, 0.15) is 37.3 Å². The molecule has 4 aliphatic rings. The molecule has 1 spiro atoms. The Morgan fingerprint density at radius 3 is 2.35 bits per heavy atom. The van der Waals surface area contributed by atoms with Gasteiger partial charge in [-0.1, -0.05) is 49.4 Å². The van der Waals surface area contributed by atoms with Crippen LogP contribution in [0.5, 0.6) is 0 Å². The van der Waals surface area contributed by atoms with Crippen molar-refractivity contribution in [2.75, 3.05) is 38.2 Å². The summed E-state index contributed by atoms with van der Waals surface area (Å²) in [6.45, 7) is 7.07. The van der Waals surface area contributed by atoms with Crippen LogP contribution in [-0.2, 0) is 19.1 Å². The van der Waals surface area contributed by atoms with Gasteiger partial charge in [-0.25, -0.2) is 0 Å². The van der Waals surface area contributed by atoms with Crippen molar-refractivity contribution in [1.29, 1.82) is 0 Å². The van der Waals surface area contributed by atoms with E-state index in [4.69, 9.17) is 4.74 Å². The van der Waals surface area contributed by atoms with Gasteiger partial charge in [0.1, 0.15) is 11.6 Å². The Morgan fingerprint density at radius 1 is 0.973 bits per heavy atom. The van der Waals surface area contributed by atoms with Gasteiger partial charge >= 0.3 is 0 Å². The number of carbonyl (C=O) groups is 3. The van der Waals surface area contributed by atoms with Crippen molar-refractivity contribution in [3.05, 3.63) is 53.6 Å². The molecule has 8 nitrogen and oxygen atoms in total. The lowest BCUT2D eigenvalue weighted by atomic mass is 9.73. The van der Waals surface area contributed by atoms with E-state index < -0.39 is 29.1 Å². The van der Waals surface area contributed by atoms with E-state index in [9.17, 15) is 19.5 Å². The number of benzene rings is 1. The number of likely N-dealkylation sites (N-methyl/N-ethyl adjacent to an activating group) is 1. The molecule has 0 radical (unpaired) electrons. The van der Waals surface area contributed by atoms with Gasteiger partial charge in [0.05, 0.1) is 17.4 Å². The highest BCUT2D eigenvalue weighted by Crippen LogP contribution is 2.58. The predicted octanol–water partition coefficient (Wildman–Crippen LogP) is 2.37. The molecule has 5 atom stereocenters. The van der Waals surface area contributed by atoms with E-state index in [1.807, 2.05) is 63.3 Å². The topological polar surface area (TPSA) is 90.4 Å². The van der Waals surface area contributed by atoms with Crippen LogP contribution >= 0.6 is 0 Å². The first-order valence-corrected chi connectivity index (χ1v) is 13.3. The van der Waals surface area contributed by atoms with E-state index in [0.717, 1.165) is 16.8 Å². The van der Waals surface area contributed by atoms with Crippen molar-refractivity contribution >= 4 is 23.4 Å². The number of aliphatic hydroxyl groups excluding tert-OH is 1. The Morgan fingerprint density at radius 2 is 1.68 bits per heavy atom. The van der Waals surface area contributed by atoms with Gasteiger partial charge in [0.25, 0.3) is 5.91 Å². The molecule has 0 aromatic heterocycles. The maximum atomic E-state index is 14.5. The minimum Gasteiger partial charge on any atom is -0.396 e. The summed E-state index contributed by atoms with van der Waals surface area (Å²) in [4.78, 5) is 47.5. The number of rotatable bonds is 6. The molecule has 3 amide bonds. The lowest BCUT2D eigenvalue weighted by Crippen LogP contribution is -2.56. The number of amides is 3. The van der Waals surface area contributed by atoms with Crippen molar-refractivity contribution in [2.45, 2.75) is 57.3 Å². The number of ether oxygens (including phenoxy) is 1. The van der Waals surface area contributed by atoms with Crippen LogP contribution in [0.2, 0.25) is 0 Å². The second kappa shape index (κ2) is 9.40. The molecule has 0 aliphatic carbocycles. The standard InChI is InChI=1S/C29H37N3O5/c1-5-28-13-9-15-30(4)25(34)21(28)22-26(35)32(16-6-7-18-33)24-27(36)31(17-10-14-29(22,24)37-28)23-19(2)11-8-12-20(23)3/h8-14,21-22,24,33H,5-7,15-18H2,1-4H3/t21-,22+,24?,28+,29+/m1/s1. The van der Waals surface area contributed by atoms with Crippen LogP contribution in [0, 0.1) is 25.7 Å². The zero-order valence-corrected chi connectivity index (χ0v) is 22.1. The zero-order valence-electron chi connectivity index (χ0n) is 22.1. The molecular formula is C29H37N3O5. The van der Waals surface area contributed by atoms with Crippen molar-refractivity contribution in [3.63, 3.8) is 0 Å². The van der Waals surface area contributed by atoms with E-state index >= 15 is 0 Å². The number of hydrogen-bond acceptors (Lipinski definition) is 5. The summed E-state index contributed by atoms with van der Waals surface area (Å²) in [7, 11) is 1.75. The molecule has 1 unspecified atom stereocenters. The van der Waals surface area contributed by atoms with Crippen molar-refractivity contribution in [1.82, 2.24) is 9.80 Å². The molecule has 2 fully saturated rings. The Labute approximate surface area is 218 Å². The number of carbonyl (C=O) groups excluding carboxylic acids is 3. The fourth-order valence-electron chi connectivity index (χ4n) is 6.95. The van der Waals surface area contributed by atoms with Crippen LogP contribution in [0.4, 0.5) is 5.69 Å². The minimum absolute atomic E-state index is 0.00972. The Kier molecular flexibility index (Phi) is 6.52. The van der Waals surface area contributed by atoms with E-state index in [1.54, 1.807) is 21.7 Å². The predicted molar refractivity (Wildman–Crippen MR) is 140 cm³/mol. The van der Waals surface area contributed by atoms with Crippen LogP contribution < -0.4 is 4.90 Å². The average Bonchev–Trinajstić information content (AvgIpc) is 3.16. The van der Waals surface area contributed by atoms with Gasteiger partial charge in [0, 0.05) is 39.0 Å². The number of hydrogen-bond donors (Lipinski definition) is 1. The van der Waals surface area contributed by atoms with E-state index in [1.165, 1.54) is 0 Å². The Bertz CT molecular complexity index is 1160. The maximum absolute atomic E-state index is 14.5. The minimum atomic E-state index is -1.25. The van der Waals surface area contributed by atoms with Crippen molar-refractivity contribution in [2.24, 2.45) is 11.8 Å². The van der Waals surface area contributed by atoms with Gasteiger partial charge in [-0.3, -0.25) is 14.4 Å². The summed E-state index contributed by atoms with van der Waals surface area (Å²) in [6, 6.07) is 5.04. The van der Waals surface area contributed by atoms with Gasteiger partial charge in [-0.2, -0.15) is 0 Å². The van der Waals surface area contributed by atoms with Crippen LogP contribution in [0.25, 0.3) is 0 Å². The molecule has 1 aromatic rings. The highest BCUT2D eigenvalue weighted by Gasteiger charge is 2.75. The number of unbranched alkanes of at least 4 members (excludes halogenated alkanes) is 1. The number of para-hydroxylation sites is 1. The third-order valence-corrected chi connectivity index (χ3v) is 8.66. The molecule has 0 bridgehead atoms. The first-order chi connectivity index (χ1) is 17.7. The summed E-state index contributed by atoms with van der Waals surface area (Å²) >= 11 is 0. The SMILES string of the molecule is CC[C@]12C=CCN(C)C(=O)[C@H]1[C@H]1C(=O)N(CCCCO)C3C(=O)N(c4c(C)cccc4C)CC=C[C@@]31O2. The highest BCUT2D eigenvalue weighted by molar-refractivity contribution is 6.06. The number of likely N-dealkylation sites (tertiary alicyclic amines) is 1. The molecule has 0 saturated carbocycles. The second-order valence-corrected chi connectivity index (χ2v) is 10.8. The average molecular weight is 508 g/mol. The first-order valence-electron chi connectivity index (χ1n) is 13.3. The Hall–Kier alpha value is -2.97. The fourth-order valence-corrected chi connectivity index (χ4v) is 6.95. The normalized spacial score (nSPS) is 32.9. The molecule has 1 N–H and O–H groups in total. The summed E-state index contributed by atoms with van der Waals surface area (Å²) in [5, 5.41) is 9.39. The van der Waals surface area contributed by atoms with Crippen LogP contribution in [-0.4, -0.2) is 83.2 Å². The summed E-state index contributed by atoms with van der Waals surface area (Å²) < 4.78 is 6.94. The number of aliphatic hydroxyl groups is 1. The van der Waals surface area contributed by atoms with E-state index in [2.05, 4.69) is 0 Å². The van der Waals surface area contributed by atoms with Gasteiger partial charge in [-0.15, -0.1) is 0 Å². The highest BCUT2D eigenvalue weighted by atomic mass is 16.5. The van der Waals surface area contributed by atoms with Gasteiger partial charge in [0.15, 0.2) is 0 Å². The molecule has 198 valence electrons. The lowest BCUT2D eigenvalue weighted by molar-refractivity contribution is -0.149. The van der Waals surface area contributed by atoms with E-state index in [0.29, 0.717) is 38.9 Å². The third kappa shape index (κ3) is 3.67. The molecule has 1 aromatic carbocycles. The number of anilines is 1. The fraction of sp³-hybridized carbons (Fsp3) is 0.552. The van der Waals surface area contributed by atoms with Crippen molar-refractivity contribution < 1.29 is 24.2 Å². The smallest absolute Gasteiger partial charge is 0.253 e. The molecule has 4 aliphatic heterocycles. The van der Waals surface area contributed by atoms with Crippen LogP contribution in [0.3, 0.4) is 0 Å². The molecular weight excluding hydrogens is 470 g/mol. The number of nitrogens with zero attached hydrogens (tertiary/aromatic N) is 3. The summed E-state index contributed by atoms with van der Waals surface area (Å²) in [5.74, 6) is -2.07. The molecule has 37 heavy (non-hydrogen) atoms. The van der Waals surface area contributed by atoms with Crippen molar-refractivity contribution in [3.8, 4) is 0 Å². The van der Waals surface area contributed by atoms with Gasteiger partial charge in [0.2, 0.25) is 11.8 Å². The van der Waals surface area contributed by atoms with Gasteiger partial charge in [-0.05, 0) is 44.2 Å². The molecule has 5 rings (SSSR count). The third-order valence-electron chi connectivity index (χ3n) is 8.66. The molecule has 2 saturated heterocycles. The van der Waals surface area contributed by atoms with E-state index in [-0.39, 0.29) is 24.3 Å². The number of aryl methyl sites for hydroxylation is 2. The molecule has 8 heteroatoms. The number of fused-ring (bicyclic) bond motifs is 2. The summed E-state index contributed by atoms with van der Waals surface area (Å²) in [6.07, 6.45) is 9.28. The monoisotopic (exact) mass is 507 g/mol. The Balaban J connectivity index is 1.67. The second-order valence-electron chi connectivity index (χ2n) is 10.8. The lowest BCUT2D eigenvalue weighted by Gasteiger charge is -2.38. The van der Waals surface area contributed by atoms with Gasteiger partial charge < -0.3 is 24.5 Å². The zero-order chi connectivity index (χ0) is 26.5. The largest absolute Gasteiger partial charge is 0.396 e. The van der Waals surface area contributed by atoms with Crippen LogP contribution in [0.15, 0.2) is 42.5 Å². The molecule has 4 heterocycles. The quantitative estimate of drug-likeness (QED) is 0.472. The summed E-state index contributed by atoms with van der Waals surface area (Å²) in [5.41, 5.74) is 0.585. The maximum Gasteiger partial charge on any atom is 0.253 e.